The molecule has 0 aliphatic rings. The van der Waals surface area contributed by atoms with E-state index in [9.17, 15) is 0 Å². The molecule has 0 fully saturated rings. The van der Waals surface area contributed by atoms with Crippen LogP contribution in [0.15, 0.2) is 41.1 Å². The normalized spacial score (nSPS) is 8.53. The zero-order valence-electron chi connectivity index (χ0n) is 12.8. The van der Waals surface area contributed by atoms with Gasteiger partial charge < -0.3 is 4.42 Å². The second-order valence-electron chi connectivity index (χ2n) is 2.81. The predicted molar refractivity (Wildman–Crippen MR) is 83.4 cm³/mol. The van der Waals surface area contributed by atoms with E-state index in [1.54, 1.807) is 12.4 Å². The number of hydrogen-bond donors (Lipinski definition) is 0. The SMILES string of the molecule is CC.CC.CC.c1cnc2oc3ncccc3c2c1. The number of pyridine rings is 2. The van der Waals surface area contributed by atoms with E-state index in [1.165, 1.54) is 0 Å². The van der Waals surface area contributed by atoms with Crippen molar-refractivity contribution in [2.45, 2.75) is 41.5 Å². The molecule has 0 aromatic carbocycles. The molecular formula is C16H24N2O. The molecule has 0 aliphatic heterocycles. The van der Waals surface area contributed by atoms with Gasteiger partial charge in [0.2, 0.25) is 11.4 Å². The summed E-state index contributed by atoms with van der Waals surface area (Å²) in [5, 5.41) is 2.04. The molecule has 0 saturated carbocycles. The lowest BCUT2D eigenvalue weighted by atomic mass is 10.2. The topological polar surface area (TPSA) is 38.9 Å². The molecule has 19 heavy (non-hydrogen) atoms. The van der Waals surface area contributed by atoms with Crippen molar-refractivity contribution in [3.8, 4) is 0 Å². The lowest BCUT2D eigenvalue weighted by Gasteiger charge is -1.84. The lowest BCUT2D eigenvalue weighted by molar-refractivity contribution is 0.640. The second-order valence-corrected chi connectivity index (χ2v) is 2.81. The maximum absolute atomic E-state index is 5.43. The molecule has 0 bridgehead atoms. The number of hydrogen-bond acceptors (Lipinski definition) is 3. The van der Waals surface area contributed by atoms with Gasteiger partial charge in [-0.15, -0.1) is 0 Å². The van der Waals surface area contributed by atoms with E-state index in [1.807, 2.05) is 65.8 Å². The highest BCUT2D eigenvalue weighted by Crippen LogP contribution is 2.24. The van der Waals surface area contributed by atoms with E-state index in [-0.39, 0.29) is 0 Å². The Morgan fingerprint density at radius 1 is 0.684 bits per heavy atom. The Kier molecular flexibility index (Phi) is 9.06. The van der Waals surface area contributed by atoms with Gasteiger partial charge in [0.1, 0.15) is 0 Å². The van der Waals surface area contributed by atoms with Crippen molar-refractivity contribution in [1.29, 1.82) is 0 Å². The maximum atomic E-state index is 5.43. The molecule has 0 radical (unpaired) electrons. The van der Waals surface area contributed by atoms with Gasteiger partial charge in [0.15, 0.2) is 0 Å². The first-order chi connectivity index (χ1) is 9.45. The molecule has 0 atom stereocenters. The quantitative estimate of drug-likeness (QED) is 0.539. The highest BCUT2D eigenvalue weighted by molar-refractivity contribution is 6.01. The third kappa shape index (κ3) is 4.05. The fourth-order valence-corrected chi connectivity index (χ4v) is 1.45. The first-order valence-corrected chi connectivity index (χ1v) is 7.03. The Morgan fingerprint density at radius 3 is 1.42 bits per heavy atom. The summed E-state index contributed by atoms with van der Waals surface area (Å²) in [5.41, 5.74) is 1.30. The van der Waals surface area contributed by atoms with Crippen LogP contribution in [0.3, 0.4) is 0 Å². The summed E-state index contributed by atoms with van der Waals surface area (Å²) in [7, 11) is 0. The molecule has 3 heteroatoms. The number of rotatable bonds is 0. The van der Waals surface area contributed by atoms with E-state index >= 15 is 0 Å². The van der Waals surface area contributed by atoms with Crippen LogP contribution in [0, 0.1) is 0 Å². The molecule has 3 aromatic rings. The molecule has 3 aromatic heterocycles. The Balaban J connectivity index is 0.000000482. The van der Waals surface area contributed by atoms with Gasteiger partial charge in [-0.1, -0.05) is 41.5 Å². The molecule has 0 unspecified atom stereocenters. The van der Waals surface area contributed by atoms with Crippen LogP contribution in [0.5, 0.6) is 0 Å². The largest absolute Gasteiger partial charge is 0.419 e. The summed E-state index contributed by atoms with van der Waals surface area (Å²) in [6, 6.07) is 7.75. The second kappa shape index (κ2) is 10.1. The zero-order chi connectivity index (χ0) is 14.7. The molecule has 0 amide bonds. The number of aromatic nitrogens is 2. The average Bonchev–Trinajstić information content (AvgIpc) is 2.92. The van der Waals surface area contributed by atoms with Crippen molar-refractivity contribution in [3.05, 3.63) is 36.7 Å². The lowest BCUT2D eigenvalue weighted by Crippen LogP contribution is -1.69. The Hall–Kier alpha value is -1.90. The van der Waals surface area contributed by atoms with Crippen molar-refractivity contribution < 1.29 is 4.42 Å². The Morgan fingerprint density at radius 2 is 1.05 bits per heavy atom. The molecule has 0 spiro atoms. The molecule has 104 valence electrons. The van der Waals surface area contributed by atoms with Crippen LogP contribution in [0.25, 0.3) is 22.2 Å². The fourth-order valence-electron chi connectivity index (χ4n) is 1.45. The van der Waals surface area contributed by atoms with Crippen LogP contribution in [-0.2, 0) is 0 Å². The molecular weight excluding hydrogens is 236 g/mol. The average molecular weight is 260 g/mol. The smallest absolute Gasteiger partial charge is 0.229 e. The van der Waals surface area contributed by atoms with E-state index in [0.29, 0.717) is 11.4 Å². The van der Waals surface area contributed by atoms with Gasteiger partial charge in [-0.3, -0.25) is 0 Å². The molecule has 3 nitrogen and oxygen atoms in total. The van der Waals surface area contributed by atoms with Crippen LogP contribution in [0.2, 0.25) is 0 Å². The first-order valence-electron chi connectivity index (χ1n) is 7.03. The van der Waals surface area contributed by atoms with Crippen molar-refractivity contribution in [3.63, 3.8) is 0 Å². The van der Waals surface area contributed by atoms with E-state index in [2.05, 4.69) is 9.97 Å². The summed E-state index contributed by atoms with van der Waals surface area (Å²) in [5.74, 6) is 0. The summed E-state index contributed by atoms with van der Waals surface area (Å²) >= 11 is 0. The Labute approximate surface area is 115 Å². The molecule has 0 saturated heterocycles. The van der Waals surface area contributed by atoms with Gasteiger partial charge in [0.25, 0.3) is 0 Å². The van der Waals surface area contributed by atoms with Crippen LogP contribution >= 0.6 is 0 Å². The number of furan rings is 1. The highest BCUT2D eigenvalue weighted by Gasteiger charge is 2.05. The first kappa shape index (κ1) is 17.1. The van der Waals surface area contributed by atoms with Crippen molar-refractivity contribution in [2.75, 3.05) is 0 Å². The van der Waals surface area contributed by atoms with Gasteiger partial charge in [-0.2, -0.15) is 0 Å². The minimum Gasteiger partial charge on any atom is -0.419 e. The predicted octanol–water partition coefficient (Wildman–Crippen LogP) is 5.45. The van der Waals surface area contributed by atoms with Crippen molar-refractivity contribution in [2.24, 2.45) is 0 Å². The molecule has 0 N–H and O–H groups in total. The van der Waals surface area contributed by atoms with Gasteiger partial charge in [0.05, 0.1) is 0 Å². The van der Waals surface area contributed by atoms with Crippen molar-refractivity contribution >= 4 is 22.2 Å². The van der Waals surface area contributed by atoms with Crippen molar-refractivity contribution in [1.82, 2.24) is 9.97 Å². The van der Waals surface area contributed by atoms with Gasteiger partial charge in [-0.05, 0) is 24.3 Å². The summed E-state index contributed by atoms with van der Waals surface area (Å²) < 4.78 is 5.43. The molecule has 0 aliphatic carbocycles. The summed E-state index contributed by atoms with van der Waals surface area (Å²) in [6.07, 6.45) is 3.43. The summed E-state index contributed by atoms with van der Waals surface area (Å²) in [4.78, 5) is 8.22. The minimum absolute atomic E-state index is 0.649. The van der Waals surface area contributed by atoms with Gasteiger partial charge >= 0.3 is 0 Å². The number of nitrogens with zero attached hydrogens (tertiary/aromatic N) is 2. The number of fused-ring (bicyclic) bond motifs is 3. The van der Waals surface area contributed by atoms with Gasteiger partial charge in [0, 0.05) is 23.2 Å². The zero-order valence-corrected chi connectivity index (χ0v) is 12.8. The third-order valence-corrected chi connectivity index (χ3v) is 2.03. The molecule has 3 rings (SSSR count). The van der Waals surface area contributed by atoms with E-state index in [4.69, 9.17) is 4.42 Å². The summed E-state index contributed by atoms with van der Waals surface area (Å²) in [6.45, 7) is 12.0. The fraction of sp³-hybridized carbons (Fsp3) is 0.375. The van der Waals surface area contributed by atoms with E-state index in [0.717, 1.165) is 10.8 Å². The Bertz CT molecular complexity index is 523. The van der Waals surface area contributed by atoms with E-state index < -0.39 is 0 Å². The highest BCUT2D eigenvalue weighted by atomic mass is 16.3. The van der Waals surface area contributed by atoms with Gasteiger partial charge in [-0.25, -0.2) is 9.97 Å². The third-order valence-electron chi connectivity index (χ3n) is 2.03. The van der Waals surface area contributed by atoms with Crippen LogP contribution in [0.4, 0.5) is 0 Å². The monoisotopic (exact) mass is 260 g/mol. The maximum Gasteiger partial charge on any atom is 0.229 e. The standard InChI is InChI=1S/C10H6N2O.3C2H6/c1-3-7-8-4-2-6-12-10(8)13-9(7)11-5-1;3*1-2/h1-6H;3*1-2H3. The minimum atomic E-state index is 0.649. The van der Waals surface area contributed by atoms with Crippen LogP contribution < -0.4 is 0 Å². The van der Waals surface area contributed by atoms with Crippen LogP contribution in [-0.4, -0.2) is 9.97 Å². The molecule has 3 heterocycles. The van der Waals surface area contributed by atoms with Crippen LogP contribution in [0.1, 0.15) is 41.5 Å².